The first-order valence-electron chi connectivity index (χ1n) is 14.5. The molecule has 4 heterocycles. The van der Waals surface area contributed by atoms with Gasteiger partial charge >= 0.3 is 0 Å². The maximum absolute atomic E-state index is 13.1. The number of aryl methyl sites for hydroxylation is 1. The Morgan fingerprint density at radius 2 is 1.70 bits per heavy atom. The summed E-state index contributed by atoms with van der Waals surface area (Å²) in [5.74, 6) is -0.602. The zero-order valence-corrected chi connectivity index (χ0v) is 22.9. The van der Waals surface area contributed by atoms with Gasteiger partial charge in [0.1, 0.15) is 11.6 Å². The second-order valence-corrected chi connectivity index (χ2v) is 11.5. The van der Waals surface area contributed by atoms with Gasteiger partial charge in [0.15, 0.2) is 0 Å². The largest absolute Gasteiger partial charge is 0.339 e. The number of nitrogens with zero attached hydrogens (tertiary/aromatic N) is 3. The number of carbonyl (C=O) groups is 4. The number of hydrogen-bond donors (Lipinski definition) is 2. The Balaban J connectivity index is 0.977. The average molecular weight is 544 g/mol. The number of unbranched alkanes of at least 4 members (excludes halogenated alkanes) is 2. The fourth-order valence-corrected chi connectivity index (χ4v) is 6.89. The molecule has 4 aliphatic heterocycles. The van der Waals surface area contributed by atoms with Crippen molar-refractivity contribution >= 4 is 29.3 Å². The number of para-hydroxylation sites is 1. The van der Waals surface area contributed by atoms with E-state index >= 15 is 0 Å². The van der Waals surface area contributed by atoms with Crippen LogP contribution >= 0.6 is 0 Å². The molecule has 4 amide bonds. The monoisotopic (exact) mass is 543 g/mol. The highest BCUT2D eigenvalue weighted by Crippen LogP contribution is 2.36. The highest BCUT2D eigenvalue weighted by atomic mass is 16.2. The summed E-state index contributed by atoms with van der Waals surface area (Å²) in [5, 5.41) is 5.45. The lowest BCUT2D eigenvalue weighted by Gasteiger charge is -2.43. The molecule has 3 saturated heterocycles. The normalized spacial score (nSPS) is 22.6. The summed E-state index contributed by atoms with van der Waals surface area (Å²) < 4.78 is 0. The minimum atomic E-state index is -0.579. The van der Waals surface area contributed by atoms with Gasteiger partial charge in [0, 0.05) is 37.3 Å². The van der Waals surface area contributed by atoms with Crippen molar-refractivity contribution in [2.75, 3.05) is 31.2 Å². The van der Waals surface area contributed by atoms with Crippen molar-refractivity contribution in [2.24, 2.45) is 0 Å². The summed E-state index contributed by atoms with van der Waals surface area (Å²) in [6.45, 7) is 3.86. The Hall–Kier alpha value is -3.72. The Kier molecular flexibility index (Phi) is 7.31. The smallest absolute Gasteiger partial charge is 0.255 e. The first-order valence-corrected chi connectivity index (χ1v) is 14.5. The molecular weight excluding hydrogens is 506 g/mol. The molecule has 2 aromatic carbocycles. The van der Waals surface area contributed by atoms with E-state index in [9.17, 15) is 19.2 Å². The van der Waals surface area contributed by atoms with Crippen LogP contribution in [-0.4, -0.2) is 71.3 Å². The van der Waals surface area contributed by atoms with E-state index in [-0.39, 0.29) is 30.0 Å². The summed E-state index contributed by atoms with van der Waals surface area (Å²) in [5.41, 5.74) is 3.55. The van der Waals surface area contributed by atoms with Crippen molar-refractivity contribution in [3.8, 4) is 0 Å². The number of anilines is 1. The van der Waals surface area contributed by atoms with Crippen LogP contribution in [0.15, 0.2) is 48.5 Å². The average Bonchev–Trinajstić information content (AvgIpc) is 3.47. The third kappa shape index (κ3) is 4.87. The molecule has 210 valence electrons. The van der Waals surface area contributed by atoms with Gasteiger partial charge in [-0.2, -0.15) is 0 Å². The topological polar surface area (TPSA) is 102 Å². The quantitative estimate of drug-likeness (QED) is 0.392. The number of hydrogen-bond acceptors (Lipinski definition) is 6. The molecule has 4 aliphatic rings. The number of carbonyl (C=O) groups excluding carboxylic acids is 4. The van der Waals surface area contributed by atoms with Crippen molar-refractivity contribution in [1.82, 2.24) is 20.4 Å². The number of nitrogens with one attached hydrogen (secondary N) is 2. The van der Waals surface area contributed by atoms with Crippen LogP contribution in [-0.2, 0) is 27.3 Å². The highest BCUT2D eigenvalue weighted by Gasteiger charge is 2.50. The molecule has 1 unspecified atom stereocenters. The van der Waals surface area contributed by atoms with Gasteiger partial charge in [-0.05, 0) is 74.4 Å². The van der Waals surface area contributed by atoms with Gasteiger partial charge in [0.25, 0.3) is 5.91 Å². The van der Waals surface area contributed by atoms with E-state index in [0.717, 1.165) is 69.4 Å². The molecule has 1 spiro atoms. The number of rotatable bonds is 8. The van der Waals surface area contributed by atoms with E-state index in [1.54, 1.807) is 4.90 Å². The lowest BCUT2D eigenvalue weighted by Crippen LogP contribution is -2.56. The zero-order valence-electron chi connectivity index (χ0n) is 22.9. The van der Waals surface area contributed by atoms with Crippen molar-refractivity contribution < 1.29 is 19.2 Å². The van der Waals surface area contributed by atoms with Crippen LogP contribution in [0.2, 0.25) is 0 Å². The third-order valence-corrected chi connectivity index (χ3v) is 9.19. The second kappa shape index (κ2) is 11.0. The number of imide groups is 1. The molecular formula is C31H37N5O4. The van der Waals surface area contributed by atoms with Gasteiger partial charge in [0.05, 0.1) is 6.67 Å². The van der Waals surface area contributed by atoms with Gasteiger partial charge in [-0.3, -0.25) is 24.5 Å². The zero-order chi connectivity index (χ0) is 27.7. The van der Waals surface area contributed by atoms with E-state index in [1.165, 1.54) is 5.56 Å². The van der Waals surface area contributed by atoms with E-state index in [1.807, 2.05) is 30.3 Å². The first-order chi connectivity index (χ1) is 19.5. The molecule has 9 nitrogen and oxygen atoms in total. The Morgan fingerprint density at radius 3 is 2.48 bits per heavy atom. The number of benzene rings is 2. The Bertz CT molecular complexity index is 1300. The molecule has 0 radical (unpaired) electrons. The molecule has 9 heteroatoms. The molecule has 0 aromatic heterocycles. The van der Waals surface area contributed by atoms with Crippen molar-refractivity contribution in [1.29, 1.82) is 0 Å². The summed E-state index contributed by atoms with van der Waals surface area (Å²) >= 11 is 0. The number of piperidine rings is 2. The Morgan fingerprint density at radius 1 is 0.900 bits per heavy atom. The Labute approximate surface area is 234 Å². The minimum Gasteiger partial charge on any atom is -0.339 e. The maximum atomic E-state index is 13.1. The molecule has 0 saturated carbocycles. The summed E-state index contributed by atoms with van der Waals surface area (Å²) in [6.07, 6.45) is 6.43. The molecule has 40 heavy (non-hydrogen) atoms. The van der Waals surface area contributed by atoms with E-state index in [2.05, 4.69) is 38.6 Å². The van der Waals surface area contributed by atoms with Crippen LogP contribution in [0.1, 0.15) is 66.4 Å². The van der Waals surface area contributed by atoms with E-state index in [4.69, 9.17) is 0 Å². The van der Waals surface area contributed by atoms with Crippen molar-refractivity contribution in [2.45, 2.75) is 69.5 Å². The highest BCUT2D eigenvalue weighted by molar-refractivity contribution is 6.05. The van der Waals surface area contributed by atoms with Crippen LogP contribution in [0, 0.1) is 0 Å². The fraction of sp³-hybridized carbons (Fsp3) is 0.484. The number of fused-ring (bicyclic) bond motifs is 1. The first kappa shape index (κ1) is 26.5. The van der Waals surface area contributed by atoms with Gasteiger partial charge in [-0.1, -0.05) is 36.8 Å². The molecule has 1 atom stereocenters. The summed E-state index contributed by atoms with van der Waals surface area (Å²) in [6, 6.07) is 15.5. The number of amides is 4. The SMILES string of the molecule is O=C1CCC(N2Cc3c(CCCCCN4CCC5(CC4)C(=O)NCN5c4ccccc4)cccc3C2=O)C(=O)N1. The van der Waals surface area contributed by atoms with Crippen molar-refractivity contribution in [3.63, 3.8) is 0 Å². The molecule has 0 aliphatic carbocycles. The lowest BCUT2D eigenvalue weighted by molar-refractivity contribution is -0.137. The third-order valence-electron chi connectivity index (χ3n) is 9.19. The molecule has 2 aromatic rings. The minimum absolute atomic E-state index is 0.115. The molecule has 2 N–H and O–H groups in total. The standard InChI is InChI=1S/C31H37N5O4/c37-27-14-13-26(28(38)33-27)35-20-25-22(9-7-12-24(25)29(35)39)8-3-2-6-17-34-18-15-31(16-19-34)30(40)32-21-36(31)23-10-4-1-5-11-23/h1,4-5,7,9-12,26H,2-3,6,8,13-21H2,(H,32,40)(H,33,37,38). The predicted molar refractivity (Wildman–Crippen MR) is 150 cm³/mol. The van der Waals surface area contributed by atoms with Gasteiger partial charge in [-0.25, -0.2) is 0 Å². The second-order valence-electron chi connectivity index (χ2n) is 11.5. The van der Waals surface area contributed by atoms with Crippen LogP contribution in [0.3, 0.4) is 0 Å². The summed E-state index contributed by atoms with van der Waals surface area (Å²) in [7, 11) is 0. The van der Waals surface area contributed by atoms with Gasteiger partial charge in [-0.15, -0.1) is 0 Å². The number of likely N-dealkylation sites (tertiary alicyclic amines) is 1. The fourth-order valence-electron chi connectivity index (χ4n) is 6.89. The van der Waals surface area contributed by atoms with Gasteiger partial charge in [0.2, 0.25) is 17.7 Å². The molecule has 0 bridgehead atoms. The molecule has 3 fully saturated rings. The van der Waals surface area contributed by atoms with Crippen LogP contribution in [0.5, 0.6) is 0 Å². The van der Waals surface area contributed by atoms with E-state index in [0.29, 0.717) is 25.2 Å². The molecule has 6 rings (SSSR count). The predicted octanol–water partition coefficient (Wildman–Crippen LogP) is 2.59. The van der Waals surface area contributed by atoms with Crippen LogP contribution in [0.4, 0.5) is 5.69 Å². The van der Waals surface area contributed by atoms with E-state index < -0.39 is 11.6 Å². The maximum Gasteiger partial charge on any atom is 0.255 e. The summed E-state index contributed by atoms with van der Waals surface area (Å²) in [4.78, 5) is 56.2. The lowest BCUT2D eigenvalue weighted by atomic mass is 9.85. The van der Waals surface area contributed by atoms with Crippen molar-refractivity contribution in [3.05, 3.63) is 65.2 Å². The van der Waals surface area contributed by atoms with Gasteiger partial charge < -0.3 is 20.0 Å². The van der Waals surface area contributed by atoms with Crippen LogP contribution in [0.25, 0.3) is 0 Å². The van der Waals surface area contributed by atoms with Crippen LogP contribution < -0.4 is 15.5 Å².